The van der Waals surface area contributed by atoms with Crippen molar-refractivity contribution in [3.05, 3.63) is 36.4 Å². The Morgan fingerprint density at radius 2 is 1.00 bits per heavy atom. The highest BCUT2D eigenvalue weighted by Gasteiger charge is 2.27. The van der Waals surface area contributed by atoms with Gasteiger partial charge in [0, 0.05) is 17.2 Å². The van der Waals surface area contributed by atoms with Gasteiger partial charge in [-0.05, 0) is 30.3 Å². The van der Waals surface area contributed by atoms with Crippen LogP contribution in [0.3, 0.4) is 0 Å². The molecule has 4 fully saturated rings. The summed E-state index contributed by atoms with van der Waals surface area (Å²) in [5.41, 5.74) is 1.80. The van der Waals surface area contributed by atoms with Crippen LogP contribution < -0.4 is 18.9 Å². The Labute approximate surface area is 186 Å². The minimum Gasteiger partial charge on any atom is -0.491 e. The zero-order chi connectivity index (χ0) is 21.3. The number of rotatable bonds is 13. The van der Waals surface area contributed by atoms with Crippen LogP contribution in [-0.4, -0.2) is 77.3 Å². The third-order valence-corrected chi connectivity index (χ3v) is 5.52. The largest absolute Gasteiger partial charge is 0.491 e. The molecule has 4 saturated heterocycles. The van der Waals surface area contributed by atoms with Gasteiger partial charge in [-0.3, -0.25) is 0 Å². The molecule has 0 amide bonds. The van der Waals surface area contributed by atoms with Crippen LogP contribution in [0.2, 0.25) is 0 Å². The summed E-state index contributed by atoms with van der Waals surface area (Å²) in [5.74, 6) is 2.96. The molecule has 4 atom stereocenters. The second-order valence-electron chi connectivity index (χ2n) is 8.38. The van der Waals surface area contributed by atoms with Crippen molar-refractivity contribution in [1.29, 1.82) is 0 Å². The molecular formula is C24H26O8. The fraction of sp³-hybridized carbons (Fsp3) is 0.500. The predicted octanol–water partition coefficient (Wildman–Crippen LogP) is 2.46. The van der Waals surface area contributed by atoms with Crippen LogP contribution in [0.15, 0.2) is 36.4 Å². The Morgan fingerprint density at radius 1 is 0.531 bits per heavy atom. The second kappa shape index (κ2) is 8.78. The number of hydrogen-bond donors (Lipinski definition) is 0. The summed E-state index contributed by atoms with van der Waals surface area (Å²) in [6, 6.07) is 11.7. The summed E-state index contributed by atoms with van der Waals surface area (Å²) in [6.07, 6.45) is 0.677. The summed E-state index contributed by atoms with van der Waals surface area (Å²) in [4.78, 5) is 0. The van der Waals surface area contributed by atoms with Gasteiger partial charge in [0.25, 0.3) is 0 Å². The molecule has 0 radical (unpaired) electrons. The average Bonchev–Trinajstić information content (AvgIpc) is 3.65. The lowest BCUT2D eigenvalue weighted by Gasteiger charge is -2.17. The Bertz CT molecular complexity index is 947. The topological polar surface area (TPSA) is 87.0 Å². The highest BCUT2D eigenvalue weighted by atomic mass is 16.6. The van der Waals surface area contributed by atoms with Crippen molar-refractivity contribution < 1.29 is 37.9 Å². The lowest BCUT2D eigenvalue weighted by atomic mass is 10.0. The molecule has 0 bridgehead atoms. The maximum Gasteiger partial charge on any atom is 0.131 e. The van der Waals surface area contributed by atoms with Gasteiger partial charge in [0.1, 0.15) is 73.8 Å². The first-order valence-corrected chi connectivity index (χ1v) is 11.1. The van der Waals surface area contributed by atoms with Gasteiger partial charge in [-0.2, -0.15) is 0 Å². The van der Waals surface area contributed by atoms with Crippen molar-refractivity contribution in [2.24, 2.45) is 0 Å². The van der Waals surface area contributed by atoms with E-state index in [2.05, 4.69) is 0 Å². The Hall–Kier alpha value is -2.52. The third-order valence-electron chi connectivity index (χ3n) is 5.52. The Morgan fingerprint density at radius 3 is 1.56 bits per heavy atom. The van der Waals surface area contributed by atoms with E-state index in [0.29, 0.717) is 32.2 Å². The molecule has 32 heavy (non-hydrogen) atoms. The summed E-state index contributed by atoms with van der Waals surface area (Å²) in [7, 11) is 0. The van der Waals surface area contributed by atoms with E-state index in [1.54, 1.807) is 0 Å². The quantitative estimate of drug-likeness (QED) is 0.437. The van der Waals surface area contributed by atoms with Crippen LogP contribution in [0.1, 0.15) is 0 Å². The van der Waals surface area contributed by atoms with E-state index in [9.17, 15) is 0 Å². The molecule has 0 N–H and O–H groups in total. The lowest BCUT2D eigenvalue weighted by Crippen LogP contribution is -2.08. The van der Waals surface area contributed by atoms with E-state index in [1.807, 2.05) is 36.4 Å². The van der Waals surface area contributed by atoms with E-state index in [-0.39, 0.29) is 24.4 Å². The van der Waals surface area contributed by atoms with Gasteiger partial charge in [0.05, 0.1) is 26.4 Å². The molecule has 4 aliphatic heterocycles. The van der Waals surface area contributed by atoms with E-state index >= 15 is 0 Å². The third kappa shape index (κ3) is 5.45. The Kier molecular flexibility index (Phi) is 5.52. The zero-order valence-corrected chi connectivity index (χ0v) is 17.7. The molecule has 2 aromatic rings. The van der Waals surface area contributed by atoms with E-state index in [1.165, 1.54) is 0 Å². The van der Waals surface area contributed by atoms with Crippen LogP contribution in [0.25, 0.3) is 11.1 Å². The maximum atomic E-state index is 6.14. The van der Waals surface area contributed by atoms with Gasteiger partial charge in [-0.25, -0.2) is 0 Å². The van der Waals surface area contributed by atoms with Gasteiger partial charge < -0.3 is 37.9 Å². The molecule has 0 aliphatic carbocycles. The summed E-state index contributed by atoms with van der Waals surface area (Å²) < 4.78 is 45.2. The minimum atomic E-state index is 0.142. The molecule has 6 rings (SSSR count). The number of ether oxygens (including phenoxy) is 8. The van der Waals surface area contributed by atoms with Crippen LogP contribution >= 0.6 is 0 Å². The summed E-state index contributed by atoms with van der Waals surface area (Å²) >= 11 is 0. The van der Waals surface area contributed by atoms with Crippen molar-refractivity contribution in [3.63, 3.8) is 0 Å². The molecule has 4 aliphatic rings. The van der Waals surface area contributed by atoms with Crippen molar-refractivity contribution in [1.82, 2.24) is 0 Å². The molecule has 4 heterocycles. The van der Waals surface area contributed by atoms with Crippen LogP contribution in [0.4, 0.5) is 0 Å². The maximum absolute atomic E-state index is 6.14. The van der Waals surface area contributed by atoms with E-state index < -0.39 is 0 Å². The zero-order valence-electron chi connectivity index (χ0n) is 17.7. The highest BCUT2D eigenvalue weighted by molar-refractivity contribution is 5.78. The summed E-state index contributed by atoms with van der Waals surface area (Å²) in [5, 5.41) is 0. The van der Waals surface area contributed by atoms with Crippen LogP contribution in [-0.2, 0) is 18.9 Å². The van der Waals surface area contributed by atoms with Crippen molar-refractivity contribution >= 4 is 0 Å². The first-order valence-electron chi connectivity index (χ1n) is 11.1. The number of benzene rings is 2. The average molecular weight is 442 g/mol. The molecule has 0 aromatic heterocycles. The van der Waals surface area contributed by atoms with Crippen LogP contribution in [0.5, 0.6) is 23.0 Å². The molecule has 2 aromatic carbocycles. The van der Waals surface area contributed by atoms with Gasteiger partial charge in [0.15, 0.2) is 0 Å². The normalized spacial score (nSPS) is 26.9. The van der Waals surface area contributed by atoms with Gasteiger partial charge in [-0.15, -0.1) is 0 Å². The molecular weight excluding hydrogens is 416 g/mol. The van der Waals surface area contributed by atoms with E-state index in [0.717, 1.165) is 54.8 Å². The number of epoxide rings is 4. The summed E-state index contributed by atoms with van der Waals surface area (Å²) in [6.45, 7) is 5.05. The first kappa shape index (κ1) is 20.1. The fourth-order valence-electron chi connectivity index (χ4n) is 3.27. The van der Waals surface area contributed by atoms with Crippen molar-refractivity contribution in [3.8, 4) is 34.1 Å². The molecule has 0 spiro atoms. The van der Waals surface area contributed by atoms with E-state index in [4.69, 9.17) is 37.9 Å². The minimum absolute atomic E-state index is 0.142. The SMILES string of the molecule is c1cc(-c2cc(OCC3CO3)ccc2OCC2CO2)c(OCC2CO2)cc1OCC1CO1. The highest BCUT2D eigenvalue weighted by Crippen LogP contribution is 2.41. The van der Waals surface area contributed by atoms with Gasteiger partial charge in [0.2, 0.25) is 0 Å². The molecule has 8 nitrogen and oxygen atoms in total. The first-order chi connectivity index (χ1) is 15.8. The Balaban J connectivity index is 1.28. The lowest BCUT2D eigenvalue weighted by molar-refractivity contribution is 0.252. The van der Waals surface area contributed by atoms with Gasteiger partial charge in [-0.1, -0.05) is 0 Å². The predicted molar refractivity (Wildman–Crippen MR) is 113 cm³/mol. The smallest absolute Gasteiger partial charge is 0.131 e. The fourth-order valence-corrected chi connectivity index (χ4v) is 3.27. The van der Waals surface area contributed by atoms with Crippen molar-refractivity contribution in [2.75, 3.05) is 52.9 Å². The monoisotopic (exact) mass is 442 g/mol. The second-order valence-corrected chi connectivity index (χ2v) is 8.38. The van der Waals surface area contributed by atoms with Crippen molar-refractivity contribution in [2.45, 2.75) is 24.4 Å². The van der Waals surface area contributed by atoms with Crippen LogP contribution in [0, 0.1) is 0 Å². The molecule has 0 saturated carbocycles. The van der Waals surface area contributed by atoms with Gasteiger partial charge >= 0.3 is 0 Å². The molecule has 8 heteroatoms. The number of hydrogen-bond acceptors (Lipinski definition) is 8. The molecule has 170 valence electrons. The standard InChI is InChI=1S/C24H26O8/c1-3-21(24(32-14-20-12-30-20)6-16(1)26-8-18-10-28-18)22-5-15(25-7-17-9-27-17)2-4-23(22)31-13-19-11-29-19/h1-6,17-20H,7-14H2. The molecule has 4 unspecified atom stereocenters.